The Kier molecular flexibility index (Phi) is 9.91. The lowest BCUT2D eigenvalue weighted by Crippen LogP contribution is -2.01. The molecular weight excluding hydrogens is 388 g/mol. The molecule has 0 aromatic heterocycles. The Balaban J connectivity index is 2.00. The van der Waals surface area contributed by atoms with E-state index in [2.05, 4.69) is 60.1 Å². The van der Waals surface area contributed by atoms with Crippen molar-refractivity contribution >= 4 is 26.7 Å². The summed E-state index contributed by atoms with van der Waals surface area (Å²) in [4.78, 5) is 0. The molecule has 26 heavy (non-hydrogen) atoms. The van der Waals surface area contributed by atoms with E-state index in [4.69, 9.17) is 9.47 Å². The van der Waals surface area contributed by atoms with E-state index in [9.17, 15) is 0 Å². The van der Waals surface area contributed by atoms with E-state index in [1.807, 2.05) is 0 Å². The molecule has 0 aliphatic rings. The lowest BCUT2D eigenvalue weighted by molar-refractivity contribution is 0.302. The van der Waals surface area contributed by atoms with E-state index in [1.165, 1.54) is 44.1 Å². The Morgan fingerprint density at radius 2 is 1.35 bits per heavy atom. The average Bonchev–Trinajstić information content (AvgIpc) is 2.65. The van der Waals surface area contributed by atoms with Crippen molar-refractivity contribution in [3.63, 3.8) is 0 Å². The third kappa shape index (κ3) is 6.83. The minimum atomic E-state index is 0.780. The van der Waals surface area contributed by atoms with Gasteiger partial charge in [0.2, 0.25) is 0 Å². The van der Waals surface area contributed by atoms with Gasteiger partial charge in [-0.15, -0.1) is 0 Å². The fraction of sp³-hybridized carbons (Fsp3) is 0.565. The van der Waals surface area contributed by atoms with Crippen LogP contribution in [0.25, 0.3) is 10.8 Å². The molecule has 3 heteroatoms. The number of benzene rings is 2. The SMILES string of the molecule is CCCCCCOc1ccc(OCCCCCCBr)c2cc(C)ccc12. The largest absolute Gasteiger partial charge is 0.493 e. The molecule has 0 bridgehead atoms. The molecule has 2 aromatic rings. The van der Waals surface area contributed by atoms with Crippen molar-refractivity contribution in [2.45, 2.75) is 65.2 Å². The highest BCUT2D eigenvalue weighted by atomic mass is 79.9. The highest BCUT2D eigenvalue weighted by Crippen LogP contribution is 2.34. The van der Waals surface area contributed by atoms with Crippen molar-refractivity contribution < 1.29 is 9.47 Å². The van der Waals surface area contributed by atoms with E-state index in [-0.39, 0.29) is 0 Å². The Labute approximate surface area is 167 Å². The molecule has 0 amide bonds. The number of hydrogen-bond acceptors (Lipinski definition) is 2. The predicted molar refractivity (Wildman–Crippen MR) is 116 cm³/mol. The zero-order valence-electron chi connectivity index (χ0n) is 16.4. The molecule has 2 nitrogen and oxygen atoms in total. The molecule has 0 heterocycles. The van der Waals surface area contributed by atoms with Crippen LogP contribution in [0.3, 0.4) is 0 Å². The van der Waals surface area contributed by atoms with Gasteiger partial charge in [0.05, 0.1) is 13.2 Å². The summed E-state index contributed by atoms with van der Waals surface area (Å²) in [5, 5.41) is 3.41. The summed E-state index contributed by atoms with van der Waals surface area (Å²) in [5.41, 5.74) is 1.25. The van der Waals surface area contributed by atoms with Crippen molar-refractivity contribution in [3.05, 3.63) is 35.9 Å². The first-order valence-corrected chi connectivity index (χ1v) is 11.2. The van der Waals surface area contributed by atoms with Crippen molar-refractivity contribution in [2.24, 2.45) is 0 Å². The Morgan fingerprint density at radius 1 is 0.731 bits per heavy atom. The monoisotopic (exact) mass is 420 g/mol. The van der Waals surface area contributed by atoms with Crippen LogP contribution in [0.4, 0.5) is 0 Å². The summed E-state index contributed by atoms with van der Waals surface area (Å²) < 4.78 is 12.2. The number of aryl methyl sites for hydroxylation is 1. The fourth-order valence-corrected chi connectivity index (χ4v) is 3.50. The highest BCUT2D eigenvalue weighted by molar-refractivity contribution is 9.09. The molecule has 0 radical (unpaired) electrons. The summed E-state index contributed by atoms with van der Waals surface area (Å²) in [7, 11) is 0. The van der Waals surface area contributed by atoms with Gasteiger partial charge >= 0.3 is 0 Å². The van der Waals surface area contributed by atoms with Gasteiger partial charge in [0.15, 0.2) is 0 Å². The van der Waals surface area contributed by atoms with Gasteiger partial charge in [-0.2, -0.15) is 0 Å². The molecule has 2 aromatic carbocycles. The topological polar surface area (TPSA) is 18.5 Å². The summed E-state index contributed by atoms with van der Waals surface area (Å²) >= 11 is 3.48. The normalized spacial score (nSPS) is 11.0. The fourth-order valence-electron chi connectivity index (χ4n) is 3.10. The molecule has 144 valence electrons. The maximum atomic E-state index is 6.10. The van der Waals surface area contributed by atoms with Gasteiger partial charge in [0.25, 0.3) is 0 Å². The number of fused-ring (bicyclic) bond motifs is 1. The third-order valence-electron chi connectivity index (χ3n) is 4.63. The molecule has 0 atom stereocenters. The molecule has 0 N–H and O–H groups in total. The Bertz CT molecular complexity index is 654. The molecule has 0 saturated carbocycles. The average molecular weight is 421 g/mol. The zero-order valence-corrected chi connectivity index (χ0v) is 17.9. The van der Waals surface area contributed by atoms with Gasteiger partial charge < -0.3 is 9.47 Å². The van der Waals surface area contributed by atoms with Gasteiger partial charge in [-0.25, -0.2) is 0 Å². The van der Waals surface area contributed by atoms with Crippen LogP contribution < -0.4 is 9.47 Å². The Morgan fingerprint density at radius 3 is 2.00 bits per heavy atom. The van der Waals surface area contributed by atoms with Crippen LogP contribution in [0.1, 0.15) is 63.9 Å². The van der Waals surface area contributed by atoms with Crippen LogP contribution in [0, 0.1) is 6.92 Å². The van der Waals surface area contributed by atoms with Gasteiger partial charge in [0, 0.05) is 16.1 Å². The number of halogens is 1. The second-order valence-corrected chi connectivity index (χ2v) is 7.76. The molecule has 0 aliphatic heterocycles. The molecule has 0 aliphatic carbocycles. The number of rotatable bonds is 13. The second kappa shape index (κ2) is 12.2. The smallest absolute Gasteiger partial charge is 0.127 e. The van der Waals surface area contributed by atoms with Crippen molar-refractivity contribution in [2.75, 3.05) is 18.5 Å². The molecule has 0 fully saturated rings. The van der Waals surface area contributed by atoms with Crippen molar-refractivity contribution in [1.29, 1.82) is 0 Å². The first-order valence-electron chi connectivity index (χ1n) is 10.1. The molecule has 0 spiro atoms. The van der Waals surface area contributed by atoms with E-state index in [0.29, 0.717) is 0 Å². The molecule has 2 rings (SSSR count). The first kappa shape index (κ1) is 21.1. The van der Waals surface area contributed by atoms with Crippen LogP contribution in [-0.2, 0) is 0 Å². The number of alkyl halides is 1. The van der Waals surface area contributed by atoms with E-state index < -0.39 is 0 Å². The summed E-state index contributed by atoms with van der Waals surface area (Å²) in [6.07, 6.45) is 9.73. The van der Waals surface area contributed by atoms with Gasteiger partial charge in [-0.1, -0.05) is 72.7 Å². The standard InChI is InChI=1S/C23H33BrO2/c1-3-4-5-9-16-25-22-13-14-23(26-17-10-7-6-8-15-24)21-18-19(2)11-12-20(21)22/h11-14,18H,3-10,15-17H2,1-2H3. The minimum absolute atomic E-state index is 0.780. The van der Waals surface area contributed by atoms with Gasteiger partial charge in [-0.3, -0.25) is 0 Å². The van der Waals surface area contributed by atoms with Gasteiger partial charge in [0.1, 0.15) is 11.5 Å². The van der Waals surface area contributed by atoms with E-state index >= 15 is 0 Å². The quantitative estimate of drug-likeness (QED) is 0.247. The molecule has 0 saturated heterocycles. The molecular formula is C23H33BrO2. The lowest BCUT2D eigenvalue weighted by Gasteiger charge is -2.14. The molecule has 0 unspecified atom stereocenters. The zero-order chi connectivity index (χ0) is 18.6. The summed E-state index contributed by atoms with van der Waals surface area (Å²) in [6.45, 7) is 5.93. The van der Waals surface area contributed by atoms with Crippen LogP contribution in [0.2, 0.25) is 0 Å². The lowest BCUT2D eigenvalue weighted by atomic mass is 10.1. The minimum Gasteiger partial charge on any atom is -0.493 e. The maximum Gasteiger partial charge on any atom is 0.127 e. The van der Waals surface area contributed by atoms with Crippen molar-refractivity contribution in [3.8, 4) is 11.5 Å². The van der Waals surface area contributed by atoms with Crippen LogP contribution in [-0.4, -0.2) is 18.5 Å². The number of hydrogen-bond donors (Lipinski definition) is 0. The predicted octanol–water partition coefficient (Wildman–Crippen LogP) is 7.44. The van der Waals surface area contributed by atoms with Crippen LogP contribution in [0.5, 0.6) is 11.5 Å². The number of unbranched alkanes of at least 4 members (excludes halogenated alkanes) is 6. The van der Waals surface area contributed by atoms with E-state index in [1.54, 1.807) is 0 Å². The maximum absolute atomic E-state index is 6.10. The first-order chi connectivity index (χ1) is 12.8. The second-order valence-electron chi connectivity index (χ2n) is 6.97. The summed E-state index contributed by atoms with van der Waals surface area (Å²) in [5.74, 6) is 1.95. The number of ether oxygens (including phenoxy) is 2. The van der Waals surface area contributed by atoms with Gasteiger partial charge in [-0.05, 0) is 44.4 Å². The van der Waals surface area contributed by atoms with E-state index in [0.717, 1.165) is 53.7 Å². The third-order valence-corrected chi connectivity index (χ3v) is 5.19. The summed E-state index contributed by atoms with van der Waals surface area (Å²) in [6, 6.07) is 10.7. The Hall–Kier alpha value is -1.22. The highest BCUT2D eigenvalue weighted by Gasteiger charge is 2.09. The van der Waals surface area contributed by atoms with Crippen molar-refractivity contribution in [1.82, 2.24) is 0 Å². The van der Waals surface area contributed by atoms with Crippen LogP contribution in [0.15, 0.2) is 30.3 Å². The van der Waals surface area contributed by atoms with Crippen LogP contribution >= 0.6 is 15.9 Å².